The summed E-state index contributed by atoms with van der Waals surface area (Å²) in [7, 11) is 0. The maximum atomic E-state index is 12.6. The summed E-state index contributed by atoms with van der Waals surface area (Å²) >= 11 is 6.10. The van der Waals surface area contributed by atoms with E-state index >= 15 is 0 Å². The Labute approximate surface area is 124 Å². The number of rotatable bonds is 3. The van der Waals surface area contributed by atoms with Gasteiger partial charge in [-0.15, -0.1) is 0 Å². The number of anilines is 1. The molecule has 0 aliphatic carbocycles. The van der Waals surface area contributed by atoms with Gasteiger partial charge in [0.15, 0.2) is 0 Å². The molecule has 0 saturated carbocycles. The van der Waals surface area contributed by atoms with Gasteiger partial charge in [-0.3, -0.25) is 9.59 Å². The predicted molar refractivity (Wildman–Crippen MR) is 79.9 cm³/mol. The zero-order chi connectivity index (χ0) is 14.9. The van der Waals surface area contributed by atoms with Crippen molar-refractivity contribution in [3.63, 3.8) is 0 Å². The van der Waals surface area contributed by atoms with Crippen LogP contribution in [0.5, 0.6) is 0 Å². The highest BCUT2D eigenvalue weighted by molar-refractivity contribution is 6.31. The lowest BCUT2D eigenvalue weighted by Gasteiger charge is -2.35. The fourth-order valence-electron chi connectivity index (χ4n) is 2.38. The van der Waals surface area contributed by atoms with Crippen LogP contribution in [0.15, 0.2) is 18.2 Å². The number of amides is 2. The van der Waals surface area contributed by atoms with Gasteiger partial charge in [0.1, 0.15) is 12.6 Å². The van der Waals surface area contributed by atoms with Crippen LogP contribution in [-0.4, -0.2) is 24.4 Å². The van der Waals surface area contributed by atoms with Crippen molar-refractivity contribution in [1.29, 1.82) is 0 Å². The van der Waals surface area contributed by atoms with Crippen LogP contribution in [0.25, 0.3) is 0 Å². The van der Waals surface area contributed by atoms with Crippen molar-refractivity contribution in [1.82, 2.24) is 5.32 Å². The van der Waals surface area contributed by atoms with Gasteiger partial charge in [-0.1, -0.05) is 37.9 Å². The second-order valence-corrected chi connectivity index (χ2v) is 5.65. The number of benzene rings is 1. The van der Waals surface area contributed by atoms with E-state index in [0.717, 1.165) is 12.0 Å². The van der Waals surface area contributed by atoms with Crippen LogP contribution in [0.3, 0.4) is 0 Å². The van der Waals surface area contributed by atoms with E-state index < -0.39 is 6.04 Å². The standard InChI is InChI=1S/C15H19ClN2O2/c1-4-9(2)14-15(20)18(8-13(19)17-14)12-7-5-6-11(16)10(12)3/h5-7,9,14H,4,8H2,1-3H3,(H,17,19). The third kappa shape index (κ3) is 2.66. The molecule has 1 aliphatic heterocycles. The Morgan fingerprint density at radius 3 is 2.80 bits per heavy atom. The second kappa shape index (κ2) is 5.83. The van der Waals surface area contributed by atoms with E-state index in [1.54, 1.807) is 12.1 Å². The Bertz CT molecular complexity index is 545. The topological polar surface area (TPSA) is 49.4 Å². The molecule has 2 unspecified atom stereocenters. The molecule has 0 radical (unpaired) electrons. The van der Waals surface area contributed by atoms with E-state index in [1.807, 2.05) is 26.8 Å². The molecule has 2 atom stereocenters. The maximum absolute atomic E-state index is 12.6. The summed E-state index contributed by atoms with van der Waals surface area (Å²) in [6, 6.07) is 4.94. The lowest BCUT2D eigenvalue weighted by molar-refractivity contribution is -0.132. The molecule has 0 bridgehead atoms. The normalized spacial score (nSPS) is 20.8. The summed E-state index contributed by atoms with van der Waals surface area (Å²) in [6.07, 6.45) is 0.832. The van der Waals surface area contributed by atoms with Gasteiger partial charge in [-0.2, -0.15) is 0 Å². The molecule has 0 spiro atoms. The minimum atomic E-state index is -0.459. The van der Waals surface area contributed by atoms with Crippen molar-refractivity contribution in [2.75, 3.05) is 11.4 Å². The molecule has 1 saturated heterocycles. The van der Waals surface area contributed by atoms with Gasteiger partial charge in [0.05, 0.1) is 0 Å². The molecular formula is C15H19ClN2O2. The number of nitrogens with one attached hydrogen (secondary N) is 1. The number of hydrogen-bond acceptors (Lipinski definition) is 2. The first-order valence-corrected chi connectivity index (χ1v) is 7.19. The minimum Gasteiger partial charge on any atom is -0.342 e. The van der Waals surface area contributed by atoms with Crippen LogP contribution in [-0.2, 0) is 9.59 Å². The van der Waals surface area contributed by atoms with Crippen LogP contribution in [0.1, 0.15) is 25.8 Å². The number of hydrogen-bond donors (Lipinski definition) is 1. The van der Waals surface area contributed by atoms with Crippen LogP contribution in [0.4, 0.5) is 5.69 Å². The number of carbonyl (C=O) groups excluding carboxylic acids is 2. The number of halogens is 1. The molecule has 1 aliphatic rings. The predicted octanol–water partition coefficient (Wildman–Crippen LogP) is 2.53. The van der Waals surface area contributed by atoms with E-state index in [1.165, 1.54) is 4.90 Å². The van der Waals surface area contributed by atoms with E-state index in [4.69, 9.17) is 11.6 Å². The fraction of sp³-hybridized carbons (Fsp3) is 0.467. The molecule has 1 aromatic carbocycles. The molecule has 0 aromatic heterocycles. The quantitative estimate of drug-likeness (QED) is 0.931. The molecule has 1 aromatic rings. The molecule has 1 fully saturated rings. The molecule has 108 valence electrons. The van der Waals surface area contributed by atoms with Crippen LogP contribution < -0.4 is 10.2 Å². The summed E-state index contributed by atoms with van der Waals surface area (Å²) in [5.41, 5.74) is 1.53. The average Bonchev–Trinajstić information content (AvgIpc) is 2.43. The van der Waals surface area contributed by atoms with Gasteiger partial charge in [0, 0.05) is 10.7 Å². The summed E-state index contributed by atoms with van der Waals surface area (Å²) in [5.74, 6) is -0.0904. The highest BCUT2D eigenvalue weighted by Crippen LogP contribution is 2.28. The maximum Gasteiger partial charge on any atom is 0.250 e. The second-order valence-electron chi connectivity index (χ2n) is 5.24. The highest BCUT2D eigenvalue weighted by Gasteiger charge is 2.36. The zero-order valence-electron chi connectivity index (χ0n) is 11.9. The Morgan fingerprint density at radius 1 is 1.45 bits per heavy atom. The van der Waals surface area contributed by atoms with Gasteiger partial charge in [0.25, 0.3) is 0 Å². The number of piperazine rings is 1. The van der Waals surface area contributed by atoms with Crippen molar-refractivity contribution in [2.45, 2.75) is 33.2 Å². The molecule has 2 rings (SSSR count). The van der Waals surface area contributed by atoms with Crippen molar-refractivity contribution < 1.29 is 9.59 Å². The Hall–Kier alpha value is -1.55. The number of carbonyl (C=O) groups is 2. The van der Waals surface area contributed by atoms with Gasteiger partial charge >= 0.3 is 0 Å². The third-order valence-corrected chi connectivity index (χ3v) is 4.30. The Morgan fingerprint density at radius 2 is 2.15 bits per heavy atom. The zero-order valence-corrected chi connectivity index (χ0v) is 12.7. The van der Waals surface area contributed by atoms with E-state index in [-0.39, 0.29) is 24.3 Å². The Kier molecular flexibility index (Phi) is 4.33. The molecule has 5 heteroatoms. The first-order chi connectivity index (χ1) is 9.45. The van der Waals surface area contributed by atoms with Crippen LogP contribution in [0, 0.1) is 12.8 Å². The molecule has 1 heterocycles. The number of nitrogens with zero attached hydrogens (tertiary/aromatic N) is 1. The van der Waals surface area contributed by atoms with E-state index in [2.05, 4.69) is 5.32 Å². The Balaban J connectivity index is 2.37. The lowest BCUT2D eigenvalue weighted by Crippen LogP contribution is -2.60. The minimum absolute atomic E-state index is 0.0486. The molecule has 1 N–H and O–H groups in total. The summed E-state index contributed by atoms with van der Waals surface area (Å²) in [4.78, 5) is 26.0. The smallest absolute Gasteiger partial charge is 0.250 e. The first-order valence-electron chi connectivity index (χ1n) is 6.81. The summed E-state index contributed by atoms with van der Waals surface area (Å²) < 4.78 is 0. The third-order valence-electron chi connectivity index (χ3n) is 3.89. The first kappa shape index (κ1) is 14.9. The van der Waals surface area contributed by atoms with Crippen LogP contribution in [0.2, 0.25) is 5.02 Å². The van der Waals surface area contributed by atoms with Gasteiger partial charge in [0.2, 0.25) is 11.8 Å². The molecule has 2 amide bonds. The largest absolute Gasteiger partial charge is 0.342 e. The summed E-state index contributed by atoms with van der Waals surface area (Å²) in [5, 5.41) is 3.39. The monoisotopic (exact) mass is 294 g/mol. The van der Waals surface area contributed by atoms with E-state index in [0.29, 0.717) is 10.7 Å². The lowest BCUT2D eigenvalue weighted by atomic mass is 9.95. The van der Waals surface area contributed by atoms with Crippen molar-refractivity contribution >= 4 is 29.1 Å². The summed E-state index contributed by atoms with van der Waals surface area (Å²) in [6.45, 7) is 5.88. The van der Waals surface area contributed by atoms with Gasteiger partial charge in [-0.25, -0.2) is 0 Å². The fourth-order valence-corrected chi connectivity index (χ4v) is 2.55. The van der Waals surface area contributed by atoms with Crippen molar-refractivity contribution in [2.24, 2.45) is 5.92 Å². The molecule has 20 heavy (non-hydrogen) atoms. The van der Waals surface area contributed by atoms with Crippen molar-refractivity contribution in [3.05, 3.63) is 28.8 Å². The molecule has 4 nitrogen and oxygen atoms in total. The highest BCUT2D eigenvalue weighted by atomic mass is 35.5. The average molecular weight is 295 g/mol. The van der Waals surface area contributed by atoms with Crippen LogP contribution >= 0.6 is 11.6 Å². The van der Waals surface area contributed by atoms with Gasteiger partial charge < -0.3 is 10.2 Å². The molecular weight excluding hydrogens is 276 g/mol. The van der Waals surface area contributed by atoms with Crippen molar-refractivity contribution in [3.8, 4) is 0 Å². The van der Waals surface area contributed by atoms with Gasteiger partial charge in [-0.05, 0) is 30.5 Å². The SMILES string of the molecule is CCC(C)C1NC(=O)CN(c2cccc(Cl)c2C)C1=O. The van der Waals surface area contributed by atoms with E-state index in [9.17, 15) is 9.59 Å².